The van der Waals surface area contributed by atoms with Crippen LogP contribution < -0.4 is 5.32 Å². The van der Waals surface area contributed by atoms with Crippen LogP contribution in [0.15, 0.2) is 30.3 Å². The van der Waals surface area contributed by atoms with Crippen LogP contribution in [0.3, 0.4) is 0 Å². The number of ether oxygens (including phenoxy) is 1. The molecular weight excluding hydrogens is 293 g/mol. The third-order valence-corrected chi connectivity index (χ3v) is 3.00. The molecule has 2 rings (SSSR count). The van der Waals surface area contributed by atoms with Crippen LogP contribution >= 0.6 is 11.6 Å². The molecule has 0 atom stereocenters. The summed E-state index contributed by atoms with van der Waals surface area (Å²) in [6, 6.07) is 8.12. The molecule has 1 aromatic carbocycles. The Morgan fingerprint density at radius 2 is 2.00 bits per heavy atom. The summed E-state index contributed by atoms with van der Waals surface area (Å²) in [5.41, 5.74) is 1.05. The Morgan fingerprint density at radius 3 is 2.71 bits per heavy atom. The number of nitrogens with zero attached hydrogens (tertiary/aromatic N) is 2. The Bertz CT molecular complexity index is 578. The minimum absolute atomic E-state index is 0.227. The molecule has 0 amide bonds. The van der Waals surface area contributed by atoms with E-state index in [9.17, 15) is 4.39 Å². The maximum atomic E-state index is 12.8. The zero-order valence-corrected chi connectivity index (χ0v) is 12.5. The number of hydrogen-bond acceptors (Lipinski definition) is 4. The van der Waals surface area contributed by atoms with Crippen LogP contribution in [0.5, 0.6) is 0 Å². The molecule has 0 fully saturated rings. The quantitative estimate of drug-likeness (QED) is 0.796. The molecule has 0 saturated carbocycles. The summed E-state index contributed by atoms with van der Waals surface area (Å²) in [6.45, 7) is 3.52. The number of rotatable bonds is 7. The van der Waals surface area contributed by atoms with Gasteiger partial charge in [-0.05, 0) is 31.0 Å². The first kappa shape index (κ1) is 15.7. The molecule has 21 heavy (non-hydrogen) atoms. The summed E-state index contributed by atoms with van der Waals surface area (Å²) in [6.07, 6.45) is 0.767. The second-order valence-corrected chi connectivity index (χ2v) is 4.82. The predicted molar refractivity (Wildman–Crippen MR) is 81.0 cm³/mol. The van der Waals surface area contributed by atoms with Gasteiger partial charge in [0.05, 0.1) is 0 Å². The molecule has 0 saturated heterocycles. The maximum absolute atomic E-state index is 12.8. The largest absolute Gasteiger partial charge is 0.374 e. The van der Waals surface area contributed by atoms with E-state index in [0.29, 0.717) is 36.6 Å². The second kappa shape index (κ2) is 7.90. The molecule has 0 unspecified atom stereocenters. The van der Waals surface area contributed by atoms with Gasteiger partial charge in [0.2, 0.25) is 0 Å². The first-order chi connectivity index (χ1) is 10.2. The highest BCUT2D eigenvalue weighted by molar-refractivity contribution is 6.29. The van der Waals surface area contributed by atoms with Crippen LogP contribution in [-0.4, -0.2) is 23.1 Å². The van der Waals surface area contributed by atoms with Crippen LogP contribution in [-0.2, 0) is 17.8 Å². The molecule has 4 nitrogen and oxygen atoms in total. The van der Waals surface area contributed by atoms with E-state index in [0.717, 1.165) is 12.0 Å². The van der Waals surface area contributed by atoms with Gasteiger partial charge < -0.3 is 10.1 Å². The van der Waals surface area contributed by atoms with Crippen molar-refractivity contribution in [3.8, 4) is 0 Å². The van der Waals surface area contributed by atoms with Crippen molar-refractivity contribution in [2.24, 2.45) is 0 Å². The molecule has 0 radical (unpaired) electrons. The molecule has 0 spiro atoms. The summed E-state index contributed by atoms with van der Waals surface area (Å²) in [5, 5.41) is 3.56. The fraction of sp³-hybridized carbons (Fsp3) is 0.333. The van der Waals surface area contributed by atoms with E-state index < -0.39 is 0 Å². The molecule has 112 valence electrons. The first-order valence-electron chi connectivity index (χ1n) is 6.77. The van der Waals surface area contributed by atoms with Crippen molar-refractivity contribution in [2.45, 2.75) is 20.0 Å². The van der Waals surface area contributed by atoms with Crippen molar-refractivity contribution in [1.82, 2.24) is 9.97 Å². The van der Waals surface area contributed by atoms with E-state index in [1.165, 1.54) is 12.1 Å². The monoisotopic (exact) mass is 309 g/mol. The number of hydrogen-bond donors (Lipinski definition) is 1. The molecule has 0 aliphatic carbocycles. The number of halogens is 2. The lowest BCUT2D eigenvalue weighted by Gasteiger charge is -2.08. The molecule has 2 aromatic rings. The number of benzene rings is 1. The number of nitrogens with one attached hydrogen (secondary N) is 1. The van der Waals surface area contributed by atoms with E-state index in [1.807, 2.05) is 6.92 Å². The van der Waals surface area contributed by atoms with Crippen molar-refractivity contribution in [3.63, 3.8) is 0 Å². The van der Waals surface area contributed by atoms with Crippen molar-refractivity contribution < 1.29 is 9.13 Å². The Labute approximate surface area is 128 Å². The summed E-state index contributed by atoms with van der Waals surface area (Å²) in [4.78, 5) is 8.42. The molecule has 1 aromatic heterocycles. The van der Waals surface area contributed by atoms with Crippen molar-refractivity contribution in [1.29, 1.82) is 0 Å². The highest BCUT2D eigenvalue weighted by atomic mass is 35.5. The summed E-state index contributed by atoms with van der Waals surface area (Å²) in [5.74, 6) is 0.982. The summed E-state index contributed by atoms with van der Waals surface area (Å²) < 4.78 is 18.1. The Morgan fingerprint density at radius 1 is 1.24 bits per heavy atom. The average molecular weight is 310 g/mol. The minimum atomic E-state index is -0.227. The van der Waals surface area contributed by atoms with Gasteiger partial charge in [0.25, 0.3) is 0 Å². The van der Waals surface area contributed by atoms with Gasteiger partial charge in [0.15, 0.2) is 5.82 Å². The van der Waals surface area contributed by atoms with Crippen LogP contribution in [0, 0.1) is 5.82 Å². The van der Waals surface area contributed by atoms with Gasteiger partial charge in [-0.2, -0.15) is 0 Å². The molecule has 1 heterocycles. The lowest BCUT2D eigenvalue weighted by molar-refractivity contribution is 0.128. The standard InChI is InChI=1S/C15H17ClFN3O/c1-2-21-10-15-19-13(16)9-14(20-15)18-8-7-11-3-5-12(17)6-4-11/h3-6,9H,2,7-8,10H2,1H3,(H,18,19,20). The zero-order chi connectivity index (χ0) is 15.1. The van der Waals surface area contributed by atoms with Gasteiger partial charge in [-0.25, -0.2) is 14.4 Å². The van der Waals surface area contributed by atoms with Gasteiger partial charge >= 0.3 is 0 Å². The Kier molecular flexibility index (Phi) is 5.90. The number of anilines is 1. The van der Waals surface area contributed by atoms with Crippen LogP contribution in [0.4, 0.5) is 10.2 Å². The van der Waals surface area contributed by atoms with Crippen molar-refractivity contribution >= 4 is 17.4 Å². The average Bonchev–Trinajstić information content (AvgIpc) is 2.47. The fourth-order valence-electron chi connectivity index (χ4n) is 1.80. The zero-order valence-electron chi connectivity index (χ0n) is 11.8. The lowest BCUT2D eigenvalue weighted by atomic mass is 10.1. The van der Waals surface area contributed by atoms with Gasteiger partial charge in [-0.15, -0.1) is 0 Å². The second-order valence-electron chi connectivity index (χ2n) is 4.43. The van der Waals surface area contributed by atoms with E-state index >= 15 is 0 Å². The van der Waals surface area contributed by atoms with E-state index in [-0.39, 0.29) is 5.82 Å². The summed E-state index contributed by atoms with van der Waals surface area (Å²) >= 11 is 5.95. The summed E-state index contributed by atoms with van der Waals surface area (Å²) in [7, 11) is 0. The van der Waals surface area contributed by atoms with Gasteiger partial charge in [0, 0.05) is 19.2 Å². The van der Waals surface area contributed by atoms with Gasteiger partial charge in [-0.3, -0.25) is 0 Å². The molecule has 6 heteroatoms. The van der Waals surface area contributed by atoms with E-state index in [2.05, 4.69) is 15.3 Å². The highest BCUT2D eigenvalue weighted by Crippen LogP contribution is 2.12. The highest BCUT2D eigenvalue weighted by Gasteiger charge is 2.03. The predicted octanol–water partition coefficient (Wildman–Crippen LogP) is 3.46. The van der Waals surface area contributed by atoms with Gasteiger partial charge in [-0.1, -0.05) is 23.7 Å². The normalized spacial score (nSPS) is 10.6. The minimum Gasteiger partial charge on any atom is -0.374 e. The third-order valence-electron chi connectivity index (χ3n) is 2.81. The Balaban J connectivity index is 1.90. The van der Waals surface area contributed by atoms with Gasteiger partial charge in [0.1, 0.15) is 23.4 Å². The van der Waals surface area contributed by atoms with E-state index in [4.69, 9.17) is 16.3 Å². The van der Waals surface area contributed by atoms with Crippen LogP contribution in [0.25, 0.3) is 0 Å². The molecular formula is C15H17ClFN3O. The number of aromatic nitrogens is 2. The molecule has 0 aliphatic heterocycles. The smallest absolute Gasteiger partial charge is 0.158 e. The lowest BCUT2D eigenvalue weighted by Crippen LogP contribution is -2.09. The molecule has 0 aliphatic rings. The van der Waals surface area contributed by atoms with E-state index in [1.54, 1.807) is 18.2 Å². The maximum Gasteiger partial charge on any atom is 0.158 e. The van der Waals surface area contributed by atoms with Crippen LogP contribution in [0.2, 0.25) is 5.15 Å². The van der Waals surface area contributed by atoms with Crippen molar-refractivity contribution in [3.05, 3.63) is 52.7 Å². The SMILES string of the molecule is CCOCc1nc(Cl)cc(NCCc2ccc(F)cc2)n1. The molecule has 0 bridgehead atoms. The topological polar surface area (TPSA) is 47.0 Å². The third kappa shape index (κ3) is 5.28. The fourth-order valence-corrected chi connectivity index (χ4v) is 2.00. The Hall–Kier alpha value is -1.72. The van der Waals surface area contributed by atoms with Crippen molar-refractivity contribution in [2.75, 3.05) is 18.5 Å². The first-order valence-corrected chi connectivity index (χ1v) is 7.14. The molecule has 1 N–H and O–H groups in total. The van der Waals surface area contributed by atoms with Crippen LogP contribution in [0.1, 0.15) is 18.3 Å².